The second kappa shape index (κ2) is 4.28. The lowest BCUT2D eigenvalue weighted by molar-refractivity contribution is 0.0689. The third-order valence-electron chi connectivity index (χ3n) is 1.93. The number of hydrogen-bond donors (Lipinski definition) is 2. The van der Waals surface area contributed by atoms with E-state index in [0.29, 0.717) is 12.2 Å². The summed E-state index contributed by atoms with van der Waals surface area (Å²) in [6, 6.07) is 4.76. The molecule has 0 aromatic carbocycles. The van der Waals surface area contributed by atoms with Gasteiger partial charge in [0.1, 0.15) is 5.82 Å². The van der Waals surface area contributed by atoms with Crippen molar-refractivity contribution in [3.63, 3.8) is 0 Å². The van der Waals surface area contributed by atoms with Gasteiger partial charge in [0, 0.05) is 17.4 Å². The van der Waals surface area contributed by atoms with Crippen LogP contribution in [0.3, 0.4) is 0 Å². The van der Waals surface area contributed by atoms with Gasteiger partial charge in [-0.25, -0.2) is 9.78 Å². The molecule has 2 aromatic heterocycles. The zero-order valence-corrected chi connectivity index (χ0v) is 8.95. The van der Waals surface area contributed by atoms with Crippen LogP contribution in [0.15, 0.2) is 28.4 Å². The first-order chi connectivity index (χ1) is 7.65. The SMILES string of the molecule is O=C(O)c1cc(=O)[nH]c(Cc2cccs2)n1. The normalized spacial score (nSPS) is 10.2. The van der Waals surface area contributed by atoms with Crippen LogP contribution in [0.1, 0.15) is 21.2 Å². The Labute approximate surface area is 94.4 Å². The molecular formula is C10H8N2O3S. The summed E-state index contributed by atoms with van der Waals surface area (Å²) < 4.78 is 0. The van der Waals surface area contributed by atoms with Crippen LogP contribution < -0.4 is 5.56 Å². The van der Waals surface area contributed by atoms with Crippen molar-refractivity contribution in [2.24, 2.45) is 0 Å². The Balaban J connectivity index is 2.34. The zero-order valence-electron chi connectivity index (χ0n) is 8.14. The van der Waals surface area contributed by atoms with Gasteiger partial charge in [0.05, 0.1) is 0 Å². The fourth-order valence-corrected chi connectivity index (χ4v) is 1.99. The summed E-state index contributed by atoms with van der Waals surface area (Å²) in [6.07, 6.45) is 0.439. The highest BCUT2D eigenvalue weighted by Crippen LogP contribution is 2.11. The number of thiophene rings is 1. The summed E-state index contributed by atoms with van der Waals surface area (Å²) in [6.45, 7) is 0. The Bertz CT molecular complexity index is 560. The maximum atomic E-state index is 11.2. The highest BCUT2D eigenvalue weighted by molar-refractivity contribution is 7.09. The monoisotopic (exact) mass is 236 g/mol. The van der Waals surface area contributed by atoms with Gasteiger partial charge in [0.25, 0.3) is 5.56 Å². The van der Waals surface area contributed by atoms with Gasteiger partial charge in [0.15, 0.2) is 5.69 Å². The van der Waals surface area contributed by atoms with E-state index < -0.39 is 11.5 Å². The Kier molecular flexibility index (Phi) is 2.82. The van der Waals surface area contributed by atoms with Crippen molar-refractivity contribution in [1.29, 1.82) is 0 Å². The molecule has 0 saturated carbocycles. The van der Waals surface area contributed by atoms with Crippen molar-refractivity contribution in [3.8, 4) is 0 Å². The van der Waals surface area contributed by atoms with E-state index in [1.54, 1.807) is 0 Å². The smallest absolute Gasteiger partial charge is 0.354 e. The second-order valence-corrected chi connectivity index (χ2v) is 4.17. The minimum Gasteiger partial charge on any atom is -0.477 e. The molecule has 0 unspecified atom stereocenters. The summed E-state index contributed by atoms with van der Waals surface area (Å²) in [5, 5.41) is 10.7. The van der Waals surface area contributed by atoms with Gasteiger partial charge >= 0.3 is 5.97 Å². The summed E-state index contributed by atoms with van der Waals surface area (Å²) in [7, 11) is 0. The van der Waals surface area contributed by atoms with E-state index in [1.165, 1.54) is 11.3 Å². The average molecular weight is 236 g/mol. The highest BCUT2D eigenvalue weighted by Gasteiger charge is 2.08. The molecule has 82 valence electrons. The number of carbonyl (C=O) groups is 1. The minimum absolute atomic E-state index is 0.227. The molecule has 2 N–H and O–H groups in total. The molecule has 6 heteroatoms. The van der Waals surface area contributed by atoms with Crippen LogP contribution in [0, 0.1) is 0 Å². The maximum absolute atomic E-state index is 11.2. The molecule has 0 aliphatic rings. The van der Waals surface area contributed by atoms with E-state index in [-0.39, 0.29) is 5.69 Å². The van der Waals surface area contributed by atoms with Crippen LogP contribution >= 0.6 is 11.3 Å². The Hall–Kier alpha value is -1.95. The first kappa shape index (κ1) is 10.6. The molecule has 5 nitrogen and oxygen atoms in total. The van der Waals surface area contributed by atoms with Crippen LogP contribution in [0.25, 0.3) is 0 Å². The van der Waals surface area contributed by atoms with Gasteiger partial charge in [-0.05, 0) is 11.4 Å². The number of H-pyrrole nitrogens is 1. The fraction of sp³-hybridized carbons (Fsp3) is 0.100. The summed E-state index contributed by atoms with van der Waals surface area (Å²) in [4.78, 5) is 29.3. The average Bonchev–Trinajstić information content (AvgIpc) is 2.69. The first-order valence-electron chi connectivity index (χ1n) is 4.51. The van der Waals surface area contributed by atoms with Crippen molar-refractivity contribution < 1.29 is 9.90 Å². The molecular weight excluding hydrogens is 228 g/mol. The minimum atomic E-state index is -1.20. The van der Waals surface area contributed by atoms with Crippen molar-refractivity contribution >= 4 is 17.3 Å². The quantitative estimate of drug-likeness (QED) is 0.836. The number of hydrogen-bond acceptors (Lipinski definition) is 4. The van der Waals surface area contributed by atoms with Gasteiger partial charge in [-0.3, -0.25) is 4.79 Å². The third kappa shape index (κ3) is 2.34. The highest BCUT2D eigenvalue weighted by atomic mass is 32.1. The molecule has 0 spiro atoms. The number of carboxylic acids is 1. The molecule has 0 aliphatic carbocycles. The molecule has 2 heterocycles. The van der Waals surface area contributed by atoms with Crippen molar-refractivity contribution in [2.75, 3.05) is 0 Å². The fourth-order valence-electron chi connectivity index (χ4n) is 1.28. The molecule has 2 aromatic rings. The van der Waals surface area contributed by atoms with Crippen molar-refractivity contribution in [2.45, 2.75) is 6.42 Å². The van der Waals surface area contributed by atoms with E-state index in [9.17, 15) is 9.59 Å². The molecule has 16 heavy (non-hydrogen) atoms. The van der Waals surface area contributed by atoms with E-state index in [4.69, 9.17) is 5.11 Å². The van der Waals surface area contributed by atoms with Gasteiger partial charge in [0.2, 0.25) is 0 Å². The predicted octanol–water partition coefficient (Wildman–Crippen LogP) is 1.12. The Morgan fingerprint density at radius 2 is 2.38 bits per heavy atom. The molecule has 0 atom stereocenters. The van der Waals surface area contributed by atoms with Crippen molar-refractivity contribution in [1.82, 2.24) is 9.97 Å². The molecule has 0 bridgehead atoms. The second-order valence-electron chi connectivity index (χ2n) is 3.14. The van der Waals surface area contributed by atoms with E-state index in [1.807, 2.05) is 17.5 Å². The summed E-state index contributed by atoms with van der Waals surface area (Å²) >= 11 is 1.53. The number of aromatic amines is 1. The lowest BCUT2D eigenvalue weighted by atomic mass is 10.3. The van der Waals surface area contributed by atoms with Gasteiger partial charge in [-0.2, -0.15) is 0 Å². The van der Waals surface area contributed by atoms with Crippen LogP contribution in [0.4, 0.5) is 0 Å². The number of rotatable bonds is 3. The molecule has 2 rings (SSSR count). The van der Waals surface area contributed by atoms with Gasteiger partial charge in [-0.1, -0.05) is 6.07 Å². The molecule has 0 aliphatic heterocycles. The zero-order chi connectivity index (χ0) is 11.5. The number of carboxylic acid groups (broad SMARTS) is 1. The molecule has 0 radical (unpaired) electrons. The van der Waals surface area contributed by atoms with E-state index in [0.717, 1.165) is 10.9 Å². The lowest BCUT2D eigenvalue weighted by Gasteiger charge is -1.99. The van der Waals surface area contributed by atoms with Crippen molar-refractivity contribution in [3.05, 3.63) is 50.3 Å². The van der Waals surface area contributed by atoms with Crippen LogP contribution in [0.5, 0.6) is 0 Å². The first-order valence-corrected chi connectivity index (χ1v) is 5.39. The lowest BCUT2D eigenvalue weighted by Crippen LogP contribution is -2.15. The molecule has 0 saturated heterocycles. The Morgan fingerprint density at radius 3 is 3.00 bits per heavy atom. The number of aromatic carboxylic acids is 1. The molecule has 0 fully saturated rings. The maximum Gasteiger partial charge on any atom is 0.354 e. The standard InChI is InChI=1S/C10H8N2O3S/c13-9-5-7(10(14)15)11-8(12-9)4-6-2-1-3-16-6/h1-3,5H,4H2,(H,14,15)(H,11,12,13). The van der Waals surface area contributed by atoms with Gasteiger partial charge in [-0.15, -0.1) is 11.3 Å². The summed E-state index contributed by atoms with van der Waals surface area (Å²) in [5.74, 6) is -0.828. The third-order valence-corrected chi connectivity index (χ3v) is 2.81. The van der Waals surface area contributed by atoms with E-state index in [2.05, 4.69) is 9.97 Å². The predicted molar refractivity (Wildman–Crippen MR) is 58.9 cm³/mol. The van der Waals surface area contributed by atoms with E-state index >= 15 is 0 Å². The van der Waals surface area contributed by atoms with Crippen LogP contribution in [-0.2, 0) is 6.42 Å². The number of aromatic nitrogens is 2. The summed E-state index contributed by atoms with van der Waals surface area (Å²) in [5.41, 5.74) is -0.672. The van der Waals surface area contributed by atoms with Crippen LogP contribution in [0.2, 0.25) is 0 Å². The topological polar surface area (TPSA) is 83.0 Å². The largest absolute Gasteiger partial charge is 0.477 e. The number of nitrogens with zero attached hydrogens (tertiary/aromatic N) is 1. The Morgan fingerprint density at radius 1 is 1.56 bits per heavy atom. The van der Waals surface area contributed by atoms with Gasteiger partial charge < -0.3 is 10.1 Å². The van der Waals surface area contributed by atoms with Crippen LogP contribution in [-0.4, -0.2) is 21.0 Å². The molecule has 0 amide bonds. The number of nitrogens with one attached hydrogen (secondary N) is 1.